The number of halogens is 1. The van der Waals surface area contributed by atoms with Crippen molar-refractivity contribution in [3.63, 3.8) is 0 Å². The predicted molar refractivity (Wildman–Crippen MR) is 149 cm³/mol. The smallest absolute Gasteiger partial charge is 0.264 e. The second-order valence-electron chi connectivity index (χ2n) is 10.4. The van der Waals surface area contributed by atoms with E-state index in [1.165, 1.54) is 33.9 Å². The Morgan fingerprint density at radius 2 is 1.80 bits per heavy atom. The molecule has 40 heavy (non-hydrogen) atoms. The van der Waals surface area contributed by atoms with Gasteiger partial charge < -0.3 is 10.0 Å². The molecule has 1 saturated carbocycles. The lowest BCUT2D eigenvalue weighted by molar-refractivity contribution is -0.137. The van der Waals surface area contributed by atoms with Crippen molar-refractivity contribution >= 4 is 44.3 Å². The Hall–Kier alpha value is -3.74. The number of nitrogens with one attached hydrogen (secondary N) is 1. The number of fused-ring (bicyclic) bond motifs is 1. The van der Waals surface area contributed by atoms with Gasteiger partial charge in [0.1, 0.15) is 16.6 Å². The maximum atomic E-state index is 13.2. The van der Waals surface area contributed by atoms with Crippen molar-refractivity contribution in [3.8, 4) is 5.69 Å². The molecule has 1 aliphatic carbocycles. The van der Waals surface area contributed by atoms with E-state index in [2.05, 4.69) is 14.8 Å². The lowest BCUT2D eigenvalue weighted by atomic mass is 9.91. The van der Waals surface area contributed by atoms with Crippen LogP contribution in [0.15, 0.2) is 70.7 Å². The number of hydrogen-bond acceptors (Lipinski definition) is 7. The number of aromatic nitrogens is 4. The van der Waals surface area contributed by atoms with E-state index >= 15 is 0 Å². The molecule has 3 heterocycles. The van der Waals surface area contributed by atoms with Gasteiger partial charge in [-0.1, -0.05) is 23.7 Å². The molecule has 0 atom stereocenters. The average molecular weight is 583 g/mol. The first-order chi connectivity index (χ1) is 19.1. The Kier molecular flexibility index (Phi) is 6.64. The molecule has 1 aliphatic heterocycles. The minimum absolute atomic E-state index is 0.0266. The van der Waals surface area contributed by atoms with Crippen LogP contribution in [0.5, 0.6) is 0 Å². The maximum Gasteiger partial charge on any atom is 0.264 e. The predicted octanol–water partition coefficient (Wildman–Crippen LogP) is 2.80. The zero-order valence-electron chi connectivity index (χ0n) is 21.4. The van der Waals surface area contributed by atoms with Crippen molar-refractivity contribution in [3.05, 3.63) is 76.4 Å². The molecule has 0 spiro atoms. The second kappa shape index (κ2) is 10.0. The fraction of sp³-hybridized carbons (Fsp3) is 0.333. The summed E-state index contributed by atoms with van der Waals surface area (Å²) in [5.74, 6) is 0.312. The van der Waals surface area contributed by atoms with Crippen LogP contribution in [0.2, 0.25) is 5.02 Å². The first-order valence-corrected chi connectivity index (χ1v) is 14.8. The van der Waals surface area contributed by atoms with Gasteiger partial charge in [0.05, 0.1) is 29.1 Å². The van der Waals surface area contributed by atoms with Crippen LogP contribution >= 0.6 is 11.6 Å². The fourth-order valence-corrected chi connectivity index (χ4v) is 6.58. The molecule has 6 rings (SSSR count). The van der Waals surface area contributed by atoms with Crippen molar-refractivity contribution in [2.75, 3.05) is 17.8 Å². The summed E-state index contributed by atoms with van der Waals surface area (Å²) in [6.45, 7) is 1.02. The Labute approximate surface area is 235 Å². The fourth-order valence-electron chi connectivity index (χ4n) is 5.00. The summed E-state index contributed by atoms with van der Waals surface area (Å²) in [5, 5.41) is 15.9. The number of amides is 1. The van der Waals surface area contributed by atoms with Gasteiger partial charge in [0, 0.05) is 24.7 Å². The van der Waals surface area contributed by atoms with Gasteiger partial charge in [-0.3, -0.25) is 18.9 Å². The Bertz CT molecular complexity index is 1760. The summed E-state index contributed by atoms with van der Waals surface area (Å²) in [5.41, 5.74) is -0.198. The number of carbonyl (C=O) groups is 1. The summed E-state index contributed by atoms with van der Waals surface area (Å²) in [6.07, 6.45) is 5.50. The third-order valence-corrected chi connectivity index (χ3v) is 9.32. The number of sulfonamides is 1. The third-order valence-electron chi connectivity index (χ3n) is 7.44. The lowest BCUT2D eigenvalue weighted by Crippen LogP contribution is -2.50. The Morgan fingerprint density at radius 3 is 2.48 bits per heavy atom. The van der Waals surface area contributed by atoms with Gasteiger partial charge in [-0.15, -0.1) is 0 Å². The van der Waals surface area contributed by atoms with Crippen LogP contribution in [0.1, 0.15) is 25.7 Å². The SMILES string of the molecule is O=C(C1CC1)N1CCC(O)(Cn2cnc3c(cnn3-c3ccc(NS(=O)(=O)c4ccccc4Cl)cc3)c2=O)CC1. The van der Waals surface area contributed by atoms with Gasteiger partial charge in [-0.05, 0) is 62.1 Å². The van der Waals surface area contributed by atoms with Crippen molar-refractivity contribution in [2.45, 2.75) is 42.7 Å². The monoisotopic (exact) mass is 582 g/mol. The first kappa shape index (κ1) is 26.5. The standard InChI is InChI=1S/C27H27ClN6O5S/c28-22-3-1-2-4-23(22)40(38,39)31-19-7-9-20(10-8-19)34-24-21(15-30-34)26(36)33(17-29-24)16-27(37)11-13-32(14-12-27)25(35)18-5-6-18/h1-4,7-10,15,17-18,31,37H,5-6,11-14,16H2. The highest BCUT2D eigenvalue weighted by atomic mass is 35.5. The molecular formula is C27H27ClN6O5S. The van der Waals surface area contributed by atoms with Crippen LogP contribution in [0, 0.1) is 5.92 Å². The van der Waals surface area contributed by atoms with E-state index < -0.39 is 15.6 Å². The van der Waals surface area contributed by atoms with Crippen LogP contribution in [-0.4, -0.2) is 62.4 Å². The van der Waals surface area contributed by atoms with Gasteiger partial charge >= 0.3 is 0 Å². The van der Waals surface area contributed by atoms with Crippen LogP contribution < -0.4 is 10.3 Å². The van der Waals surface area contributed by atoms with Gasteiger partial charge in [0.25, 0.3) is 15.6 Å². The van der Waals surface area contributed by atoms with E-state index in [-0.39, 0.29) is 39.2 Å². The molecule has 1 amide bonds. The number of nitrogens with zero attached hydrogens (tertiary/aromatic N) is 5. The summed E-state index contributed by atoms with van der Waals surface area (Å²) >= 11 is 6.05. The lowest BCUT2D eigenvalue weighted by Gasteiger charge is -2.38. The quantitative estimate of drug-likeness (QED) is 0.341. The molecule has 0 unspecified atom stereocenters. The summed E-state index contributed by atoms with van der Waals surface area (Å²) in [6, 6.07) is 12.6. The zero-order chi connectivity index (χ0) is 28.1. The van der Waals surface area contributed by atoms with Gasteiger partial charge in [0.15, 0.2) is 5.65 Å². The van der Waals surface area contributed by atoms with E-state index in [0.29, 0.717) is 43.0 Å². The molecule has 2 aromatic heterocycles. The number of aliphatic hydroxyl groups is 1. The molecule has 0 radical (unpaired) electrons. The molecular weight excluding hydrogens is 556 g/mol. The van der Waals surface area contributed by atoms with Crippen molar-refractivity contribution in [1.29, 1.82) is 0 Å². The normalized spacial score (nSPS) is 17.2. The van der Waals surface area contributed by atoms with Crippen LogP contribution in [0.25, 0.3) is 16.7 Å². The van der Waals surface area contributed by atoms with Gasteiger partial charge in [0.2, 0.25) is 5.91 Å². The zero-order valence-corrected chi connectivity index (χ0v) is 23.0. The molecule has 208 valence electrons. The maximum absolute atomic E-state index is 13.2. The van der Waals surface area contributed by atoms with Crippen molar-refractivity contribution in [2.24, 2.45) is 5.92 Å². The molecule has 2 fully saturated rings. The highest BCUT2D eigenvalue weighted by molar-refractivity contribution is 7.92. The topological polar surface area (TPSA) is 139 Å². The first-order valence-electron chi connectivity index (χ1n) is 13.0. The molecule has 11 nitrogen and oxygen atoms in total. The highest BCUT2D eigenvalue weighted by Gasteiger charge is 2.39. The number of rotatable bonds is 7. The van der Waals surface area contributed by atoms with Crippen LogP contribution in [-0.2, 0) is 21.4 Å². The van der Waals surface area contributed by atoms with Gasteiger partial charge in [-0.25, -0.2) is 18.1 Å². The summed E-state index contributed by atoms with van der Waals surface area (Å²) < 4.78 is 30.8. The molecule has 2 aromatic carbocycles. The van der Waals surface area contributed by atoms with Crippen molar-refractivity contribution in [1.82, 2.24) is 24.2 Å². The highest BCUT2D eigenvalue weighted by Crippen LogP contribution is 2.33. The summed E-state index contributed by atoms with van der Waals surface area (Å²) in [4.78, 5) is 31.8. The van der Waals surface area contributed by atoms with Crippen LogP contribution in [0.3, 0.4) is 0 Å². The third kappa shape index (κ3) is 5.09. The number of hydrogen-bond donors (Lipinski definition) is 2. The minimum Gasteiger partial charge on any atom is -0.388 e. The van der Waals surface area contributed by atoms with E-state index in [1.807, 2.05) is 4.90 Å². The Balaban J connectivity index is 1.18. The number of carbonyl (C=O) groups excluding carboxylic acids is 1. The molecule has 1 saturated heterocycles. The largest absolute Gasteiger partial charge is 0.388 e. The van der Waals surface area contributed by atoms with Gasteiger partial charge in [-0.2, -0.15) is 5.10 Å². The number of likely N-dealkylation sites (tertiary alicyclic amines) is 1. The molecule has 2 aliphatic rings. The molecule has 13 heteroatoms. The number of piperidine rings is 1. The molecule has 2 N–H and O–H groups in total. The second-order valence-corrected chi connectivity index (χ2v) is 12.4. The molecule has 0 bridgehead atoms. The van der Waals surface area contributed by atoms with E-state index in [0.717, 1.165) is 12.8 Å². The number of anilines is 1. The average Bonchev–Trinajstić information content (AvgIpc) is 3.70. The van der Waals surface area contributed by atoms with Crippen LogP contribution in [0.4, 0.5) is 5.69 Å². The summed E-state index contributed by atoms with van der Waals surface area (Å²) in [7, 11) is -3.88. The Morgan fingerprint density at radius 1 is 1.10 bits per heavy atom. The van der Waals surface area contributed by atoms with Crippen molar-refractivity contribution < 1.29 is 18.3 Å². The van der Waals surface area contributed by atoms with E-state index in [9.17, 15) is 23.1 Å². The molecule has 4 aromatic rings. The van der Waals surface area contributed by atoms with E-state index in [4.69, 9.17) is 11.6 Å². The number of benzene rings is 2. The van der Waals surface area contributed by atoms with E-state index in [1.54, 1.807) is 36.4 Å². The minimum atomic E-state index is -3.88.